The van der Waals surface area contributed by atoms with Gasteiger partial charge >= 0.3 is 0 Å². The van der Waals surface area contributed by atoms with E-state index in [1.165, 1.54) is 5.56 Å². The van der Waals surface area contributed by atoms with Gasteiger partial charge in [-0.3, -0.25) is 0 Å². The molecule has 0 aromatic heterocycles. The first-order valence-electron chi connectivity index (χ1n) is 6.68. The molecule has 0 radical (unpaired) electrons. The van der Waals surface area contributed by atoms with Gasteiger partial charge in [0.15, 0.2) is 11.5 Å². The minimum Gasteiger partial charge on any atom is -0.493 e. The van der Waals surface area contributed by atoms with Crippen LogP contribution in [0.2, 0.25) is 0 Å². The second-order valence-corrected chi connectivity index (χ2v) is 4.94. The van der Waals surface area contributed by atoms with Gasteiger partial charge in [0.2, 0.25) is 0 Å². The number of halogens is 1. The van der Waals surface area contributed by atoms with Gasteiger partial charge in [0.25, 0.3) is 0 Å². The van der Waals surface area contributed by atoms with Gasteiger partial charge in [-0.15, -0.1) is 11.6 Å². The Morgan fingerprint density at radius 1 is 0.950 bits per heavy atom. The van der Waals surface area contributed by atoms with Crippen molar-refractivity contribution in [2.75, 3.05) is 7.11 Å². The summed E-state index contributed by atoms with van der Waals surface area (Å²) in [5.41, 5.74) is 3.37. The van der Waals surface area contributed by atoms with E-state index in [9.17, 15) is 0 Å². The molecule has 0 saturated carbocycles. The lowest BCUT2D eigenvalue weighted by atomic mass is 10.1. The largest absolute Gasteiger partial charge is 0.493 e. The summed E-state index contributed by atoms with van der Waals surface area (Å²) in [6.45, 7) is 4.13. The molecule has 0 N–H and O–H groups in total. The molecule has 0 bridgehead atoms. The van der Waals surface area contributed by atoms with Crippen molar-refractivity contribution < 1.29 is 9.47 Å². The van der Waals surface area contributed by atoms with Crippen LogP contribution in [0, 0.1) is 6.92 Å². The van der Waals surface area contributed by atoms with Crippen molar-refractivity contribution in [3.63, 3.8) is 0 Å². The SMILES string of the molecule is CCc1ccc(Oc2ccc(CCl)cc2C)c(OC)c1. The predicted octanol–water partition coefficient (Wildman–Crippen LogP) is 5.10. The molecule has 2 aromatic carbocycles. The number of methoxy groups -OCH3 is 1. The van der Waals surface area contributed by atoms with Crippen LogP contribution in [0.15, 0.2) is 36.4 Å². The van der Waals surface area contributed by atoms with Crippen molar-refractivity contribution in [2.24, 2.45) is 0 Å². The second-order valence-electron chi connectivity index (χ2n) is 4.67. The molecule has 0 atom stereocenters. The molecule has 0 fully saturated rings. The van der Waals surface area contributed by atoms with E-state index in [1.807, 2.05) is 37.3 Å². The van der Waals surface area contributed by atoms with E-state index in [1.54, 1.807) is 7.11 Å². The average molecular weight is 291 g/mol. The molecule has 2 aromatic rings. The standard InChI is InChI=1S/C17H19ClO2/c1-4-13-5-8-16(17(10-13)19-3)20-15-7-6-14(11-18)9-12(15)2/h5-10H,4,11H2,1-3H3. The lowest BCUT2D eigenvalue weighted by Crippen LogP contribution is -1.94. The number of hydrogen-bond donors (Lipinski definition) is 0. The Hall–Kier alpha value is -1.67. The van der Waals surface area contributed by atoms with E-state index in [0.717, 1.165) is 34.8 Å². The smallest absolute Gasteiger partial charge is 0.169 e. The van der Waals surface area contributed by atoms with Gasteiger partial charge in [-0.05, 0) is 48.2 Å². The molecule has 3 heteroatoms. The summed E-state index contributed by atoms with van der Waals surface area (Å²) in [6, 6.07) is 12.0. The summed E-state index contributed by atoms with van der Waals surface area (Å²) >= 11 is 5.83. The summed E-state index contributed by atoms with van der Waals surface area (Å²) in [4.78, 5) is 0. The second kappa shape index (κ2) is 6.67. The molecular weight excluding hydrogens is 272 g/mol. The van der Waals surface area contributed by atoms with Gasteiger partial charge in [0.05, 0.1) is 7.11 Å². The zero-order valence-electron chi connectivity index (χ0n) is 12.1. The van der Waals surface area contributed by atoms with Crippen molar-refractivity contribution in [1.82, 2.24) is 0 Å². The average Bonchev–Trinajstić information content (AvgIpc) is 2.49. The number of alkyl halides is 1. The molecule has 106 valence electrons. The first-order valence-corrected chi connectivity index (χ1v) is 7.21. The Balaban J connectivity index is 2.29. The summed E-state index contributed by atoms with van der Waals surface area (Å²) in [5.74, 6) is 2.81. The minimum absolute atomic E-state index is 0.510. The maximum atomic E-state index is 5.96. The van der Waals surface area contributed by atoms with E-state index in [-0.39, 0.29) is 0 Å². The van der Waals surface area contributed by atoms with Crippen LogP contribution in [0.25, 0.3) is 0 Å². The van der Waals surface area contributed by atoms with Gasteiger partial charge in [0.1, 0.15) is 5.75 Å². The van der Waals surface area contributed by atoms with Crippen LogP contribution < -0.4 is 9.47 Å². The Morgan fingerprint density at radius 3 is 2.25 bits per heavy atom. The third-order valence-electron chi connectivity index (χ3n) is 3.25. The first-order chi connectivity index (χ1) is 9.67. The Bertz CT molecular complexity index is 594. The molecule has 2 nitrogen and oxygen atoms in total. The topological polar surface area (TPSA) is 18.5 Å². The van der Waals surface area contributed by atoms with Crippen LogP contribution in [0.3, 0.4) is 0 Å². The lowest BCUT2D eigenvalue weighted by Gasteiger charge is -2.13. The predicted molar refractivity (Wildman–Crippen MR) is 83.2 cm³/mol. The summed E-state index contributed by atoms with van der Waals surface area (Å²) in [5, 5.41) is 0. The summed E-state index contributed by atoms with van der Waals surface area (Å²) < 4.78 is 11.4. The van der Waals surface area contributed by atoms with Crippen LogP contribution in [0.5, 0.6) is 17.2 Å². The number of benzene rings is 2. The maximum absolute atomic E-state index is 5.96. The fraction of sp³-hybridized carbons (Fsp3) is 0.294. The minimum atomic E-state index is 0.510. The van der Waals surface area contributed by atoms with E-state index >= 15 is 0 Å². The van der Waals surface area contributed by atoms with E-state index in [4.69, 9.17) is 21.1 Å². The molecule has 0 saturated heterocycles. The van der Waals surface area contributed by atoms with Gasteiger partial charge in [-0.25, -0.2) is 0 Å². The molecule has 0 amide bonds. The molecule has 0 heterocycles. The Morgan fingerprint density at radius 2 is 1.65 bits per heavy atom. The molecule has 20 heavy (non-hydrogen) atoms. The Kier molecular flexibility index (Phi) is 4.91. The zero-order chi connectivity index (χ0) is 14.5. The highest BCUT2D eigenvalue weighted by atomic mass is 35.5. The van der Waals surface area contributed by atoms with Crippen molar-refractivity contribution >= 4 is 11.6 Å². The van der Waals surface area contributed by atoms with Crippen LogP contribution in [-0.2, 0) is 12.3 Å². The highest BCUT2D eigenvalue weighted by molar-refractivity contribution is 6.17. The fourth-order valence-electron chi connectivity index (χ4n) is 2.04. The number of aryl methyl sites for hydroxylation is 2. The van der Waals surface area contributed by atoms with Crippen molar-refractivity contribution in [2.45, 2.75) is 26.1 Å². The van der Waals surface area contributed by atoms with E-state index < -0.39 is 0 Å². The van der Waals surface area contributed by atoms with Gasteiger partial charge < -0.3 is 9.47 Å². The highest BCUT2D eigenvalue weighted by Crippen LogP contribution is 2.34. The monoisotopic (exact) mass is 290 g/mol. The third kappa shape index (κ3) is 3.26. The molecule has 0 aliphatic heterocycles. The first kappa shape index (κ1) is 14.7. The van der Waals surface area contributed by atoms with Gasteiger partial charge in [0, 0.05) is 5.88 Å². The molecule has 2 rings (SSSR count). The van der Waals surface area contributed by atoms with E-state index in [2.05, 4.69) is 13.0 Å². The normalized spacial score (nSPS) is 10.4. The molecular formula is C17H19ClO2. The van der Waals surface area contributed by atoms with Crippen molar-refractivity contribution in [3.05, 3.63) is 53.1 Å². The molecule has 0 aliphatic carbocycles. The maximum Gasteiger partial charge on any atom is 0.169 e. The third-order valence-corrected chi connectivity index (χ3v) is 3.56. The molecule has 0 unspecified atom stereocenters. The number of ether oxygens (including phenoxy) is 2. The van der Waals surface area contributed by atoms with Crippen LogP contribution in [0.1, 0.15) is 23.6 Å². The number of rotatable bonds is 5. The quantitative estimate of drug-likeness (QED) is 0.714. The summed E-state index contributed by atoms with van der Waals surface area (Å²) in [7, 11) is 1.66. The van der Waals surface area contributed by atoms with Crippen LogP contribution in [-0.4, -0.2) is 7.11 Å². The van der Waals surface area contributed by atoms with Crippen molar-refractivity contribution in [1.29, 1.82) is 0 Å². The van der Waals surface area contributed by atoms with Crippen LogP contribution in [0.4, 0.5) is 0 Å². The van der Waals surface area contributed by atoms with Crippen LogP contribution >= 0.6 is 11.6 Å². The Labute approximate surface area is 125 Å². The molecule has 0 spiro atoms. The number of hydrogen-bond acceptors (Lipinski definition) is 2. The van der Waals surface area contributed by atoms with Gasteiger partial charge in [-0.2, -0.15) is 0 Å². The summed E-state index contributed by atoms with van der Waals surface area (Å²) in [6.07, 6.45) is 0.972. The van der Waals surface area contributed by atoms with Crippen molar-refractivity contribution in [3.8, 4) is 17.2 Å². The lowest BCUT2D eigenvalue weighted by molar-refractivity contribution is 0.377. The highest BCUT2D eigenvalue weighted by Gasteiger charge is 2.08. The van der Waals surface area contributed by atoms with Gasteiger partial charge in [-0.1, -0.05) is 25.1 Å². The fourth-order valence-corrected chi connectivity index (χ4v) is 2.21. The zero-order valence-corrected chi connectivity index (χ0v) is 12.8. The molecule has 0 aliphatic rings. The van der Waals surface area contributed by atoms with E-state index in [0.29, 0.717) is 5.88 Å².